The molecule has 2 aromatic rings. The first-order chi connectivity index (χ1) is 7.68. The van der Waals surface area contributed by atoms with E-state index in [1.54, 1.807) is 47.7 Å². The number of hydrogen-bond acceptors (Lipinski definition) is 1. The van der Waals surface area contributed by atoms with Crippen LogP contribution < -0.4 is 0 Å². The highest BCUT2D eigenvalue weighted by molar-refractivity contribution is 6.54. The number of benzene rings is 1. The van der Waals surface area contributed by atoms with Crippen molar-refractivity contribution in [3.63, 3.8) is 0 Å². The van der Waals surface area contributed by atoms with Crippen LogP contribution in [0.3, 0.4) is 0 Å². The van der Waals surface area contributed by atoms with Crippen molar-refractivity contribution in [2.75, 3.05) is 0 Å². The van der Waals surface area contributed by atoms with Gasteiger partial charge in [-0.05, 0) is 12.1 Å². The highest BCUT2D eigenvalue weighted by Crippen LogP contribution is 2.33. The molecule has 1 aromatic heterocycles. The van der Waals surface area contributed by atoms with Gasteiger partial charge in [-0.3, -0.25) is 0 Å². The summed E-state index contributed by atoms with van der Waals surface area (Å²) in [5.74, 6) is 0. The van der Waals surface area contributed by atoms with Crippen LogP contribution >= 0.6 is 34.8 Å². The molecule has 1 aromatic carbocycles. The molecule has 0 fully saturated rings. The van der Waals surface area contributed by atoms with Crippen molar-refractivity contribution < 1.29 is 0 Å². The van der Waals surface area contributed by atoms with Gasteiger partial charge in [0.05, 0.1) is 21.4 Å². The minimum Gasteiger partial charge on any atom is -0.312 e. The molecule has 2 rings (SSSR count). The van der Waals surface area contributed by atoms with Crippen molar-refractivity contribution in [3.8, 4) is 0 Å². The van der Waals surface area contributed by atoms with E-state index in [1.807, 2.05) is 0 Å². The molecule has 16 heavy (non-hydrogen) atoms. The molecule has 0 spiro atoms. The van der Waals surface area contributed by atoms with E-state index in [0.29, 0.717) is 20.6 Å². The third-order valence-corrected chi connectivity index (χ3v) is 2.91. The average molecular weight is 274 g/mol. The van der Waals surface area contributed by atoms with Gasteiger partial charge in [0, 0.05) is 24.2 Å². The van der Waals surface area contributed by atoms with E-state index in [-0.39, 0.29) is 0 Å². The van der Waals surface area contributed by atoms with Gasteiger partial charge < -0.3 is 4.57 Å². The van der Waals surface area contributed by atoms with Crippen LogP contribution in [-0.4, -0.2) is 9.55 Å². The van der Waals surface area contributed by atoms with Crippen LogP contribution in [0.4, 0.5) is 0 Å². The molecule has 2 nitrogen and oxygen atoms in total. The summed E-state index contributed by atoms with van der Waals surface area (Å²) in [7, 11) is 0. The lowest BCUT2D eigenvalue weighted by Gasteiger charge is -2.05. The topological polar surface area (TPSA) is 17.8 Å². The fourth-order valence-electron chi connectivity index (χ4n) is 1.27. The minimum atomic E-state index is 0.466. The standard InChI is InChI=1S/C11H7Cl3N2/c12-8-2-1-3-9(13)11(8)10(14)6-16-5-4-15-7-16/h1-7H/b10-6-. The maximum Gasteiger partial charge on any atom is 0.0987 e. The first kappa shape index (κ1) is 11.5. The largest absolute Gasteiger partial charge is 0.312 e. The molecular weight excluding hydrogens is 266 g/mol. The molecule has 0 aliphatic carbocycles. The predicted octanol–water partition coefficient (Wildman–Crippen LogP) is 4.38. The lowest BCUT2D eigenvalue weighted by molar-refractivity contribution is 1.14. The highest BCUT2D eigenvalue weighted by atomic mass is 35.5. The normalized spacial score (nSPS) is 11.8. The lowest BCUT2D eigenvalue weighted by atomic mass is 10.2. The number of halogens is 3. The van der Waals surface area contributed by atoms with Gasteiger partial charge >= 0.3 is 0 Å². The fraction of sp³-hybridized carbons (Fsp3) is 0. The summed E-state index contributed by atoms with van der Waals surface area (Å²) < 4.78 is 1.72. The van der Waals surface area contributed by atoms with E-state index in [1.165, 1.54) is 0 Å². The van der Waals surface area contributed by atoms with Crippen LogP contribution in [0.25, 0.3) is 11.2 Å². The zero-order chi connectivity index (χ0) is 11.5. The second-order valence-corrected chi connectivity index (χ2v) is 4.31. The summed E-state index contributed by atoms with van der Waals surface area (Å²) in [4.78, 5) is 3.91. The minimum absolute atomic E-state index is 0.466. The van der Waals surface area contributed by atoms with Gasteiger partial charge in [-0.15, -0.1) is 0 Å². The molecule has 0 amide bonds. The molecular formula is C11H7Cl3N2. The van der Waals surface area contributed by atoms with Crippen molar-refractivity contribution in [1.29, 1.82) is 0 Å². The van der Waals surface area contributed by atoms with Gasteiger partial charge in [-0.1, -0.05) is 40.9 Å². The third-order valence-electron chi connectivity index (χ3n) is 1.99. The van der Waals surface area contributed by atoms with E-state index in [0.717, 1.165) is 0 Å². The van der Waals surface area contributed by atoms with Crippen molar-refractivity contribution in [2.24, 2.45) is 0 Å². The quantitative estimate of drug-likeness (QED) is 0.794. The van der Waals surface area contributed by atoms with E-state index < -0.39 is 0 Å². The molecule has 0 aliphatic rings. The van der Waals surface area contributed by atoms with E-state index in [2.05, 4.69) is 4.98 Å². The Morgan fingerprint density at radius 3 is 2.50 bits per heavy atom. The van der Waals surface area contributed by atoms with E-state index >= 15 is 0 Å². The fourth-order valence-corrected chi connectivity index (χ4v) is 2.28. The van der Waals surface area contributed by atoms with Crippen molar-refractivity contribution >= 4 is 46.0 Å². The Hall–Kier alpha value is -0.960. The summed E-state index contributed by atoms with van der Waals surface area (Å²) in [5, 5.41) is 1.51. The Morgan fingerprint density at radius 1 is 1.25 bits per heavy atom. The average Bonchev–Trinajstić information content (AvgIpc) is 2.70. The molecule has 0 bridgehead atoms. The summed E-state index contributed by atoms with van der Waals surface area (Å²) >= 11 is 18.2. The van der Waals surface area contributed by atoms with Crippen LogP contribution in [0.1, 0.15) is 5.56 Å². The molecule has 0 saturated carbocycles. The molecule has 1 heterocycles. The van der Waals surface area contributed by atoms with Gasteiger partial charge in [-0.25, -0.2) is 4.98 Å². The van der Waals surface area contributed by atoms with Gasteiger partial charge in [0.1, 0.15) is 0 Å². The third kappa shape index (κ3) is 2.40. The number of imidazole rings is 1. The van der Waals surface area contributed by atoms with Crippen molar-refractivity contribution in [3.05, 3.63) is 52.5 Å². The Labute approximate surface area is 108 Å². The number of hydrogen-bond donors (Lipinski definition) is 0. The van der Waals surface area contributed by atoms with E-state index in [9.17, 15) is 0 Å². The Kier molecular flexibility index (Phi) is 3.54. The zero-order valence-corrected chi connectivity index (χ0v) is 10.3. The Balaban J connectivity index is 2.45. The van der Waals surface area contributed by atoms with Gasteiger partial charge in [0.2, 0.25) is 0 Å². The molecule has 0 aliphatic heterocycles. The molecule has 0 atom stereocenters. The summed E-state index contributed by atoms with van der Waals surface area (Å²) in [5.41, 5.74) is 0.626. The van der Waals surface area contributed by atoms with Gasteiger partial charge in [0.15, 0.2) is 0 Å². The maximum atomic E-state index is 6.15. The summed E-state index contributed by atoms with van der Waals surface area (Å²) in [6, 6.07) is 5.26. The second kappa shape index (κ2) is 4.91. The predicted molar refractivity (Wildman–Crippen MR) is 68.7 cm³/mol. The Bertz CT molecular complexity index is 498. The van der Waals surface area contributed by atoms with Crippen LogP contribution in [0, 0.1) is 0 Å². The van der Waals surface area contributed by atoms with Crippen LogP contribution in [0.2, 0.25) is 10.0 Å². The molecule has 5 heteroatoms. The summed E-state index contributed by atoms with van der Waals surface area (Å²) in [6.07, 6.45) is 6.76. The molecule has 82 valence electrons. The zero-order valence-electron chi connectivity index (χ0n) is 8.07. The highest BCUT2D eigenvalue weighted by Gasteiger charge is 2.08. The van der Waals surface area contributed by atoms with Gasteiger partial charge in [0.25, 0.3) is 0 Å². The van der Waals surface area contributed by atoms with Crippen LogP contribution in [-0.2, 0) is 0 Å². The molecule has 0 N–H and O–H groups in total. The first-order valence-corrected chi connectivity index (χ1v) is 5.61. The van der Waals surface area contributed by atoms with Crippen molar-refractivity contribution in [1.82, 2.24) is 9.55 Å². The monoisotopic (exact) mass is 272 g/mol. The first-order valence-electron chi connectivity index (χ1n) is 4.47. The lowest BCUT2D eigenvalue weighted by Crippen LogP contribution is -1.85. The summed E-state index contributed by atoms with van der Waals surface area (Å²) in [6.45, 7) is 0. The van der Waals surface area contributed by atoms with Gasteiger partial charge in [-0.2, -0.15) is 0 Å². The molecule has 0 unspecified atom stereocenters. The number of nitrogens with zero attached hydrogens (tertiary/aromatic N) is 2. The van der Waals surface area contributed by atoms with Crippen molar-refractivity contribution in [2.45, 2.75) is 0 Å². The second-order valence-electron chi connectivity index (χ2n) is 3.08. The molecule has 0 saturated heterocycles. The number of rotatable bonds is 2. The Morgan fingerprint density at radius 2 is 1.94 bits per heavy atom. The SMILES string of the molecule is Cl/C(=C\n1ccnc1)c1c(Cl)cccc1Cl. The van der Waals surface area contributed by atoms with Crippen LogP contribution in [0.15, 0.2) is 36.9 Å². The smallest absolute Gasteiger partial charge is 0.0987 e. The maximum absolute atomic E-state index is 6.15. The van der Waals surface area contributed by atoms with E-state index in [4.69, 9.17) is 34.8 Å². The number of aromatic nitrogens is 2. The molecule has 0 radical (unpaired) electrons. The van der Waals surface area contributed by atoms with Crippen LogP contribution in [0.5, 0.6) is 0 Å².